The Kier molecular flexibility index (Phi) is 4.58. The first-order chi connectivity index (χ1) is 15.1. The first-order valence-corrected chi connectivity index (χ1v) is 10.2. The Morgan fingerprint density at radius 1 is 1.13 bits per heavy atom. The average molecular weight is 415 g/mol. The number of carboxylic acid groups (broad SMARTS) is 1. The molecule has 1 aliphatic heterocycles. The molecular formula is C24H21N3O4. The number of pyridine rings is 1. The minimum absolute atomic E-state index is 0.228. The fraction of sp³-hybridized carbons (Fsp3) is 0.208. The molecule has 2 aromatic heterocycles. The molecule has 2 N–H and O–H groups in total. The molecule has 7 nitrogen and oxygen atoms in total. The summed E-state index contributed by atoms with van der Waals surface area (Å²) >= 11 is 0. The normalized spacial score (nSPS) is 16.2. The van der Waals surface area contributed by atoms with Crippen LogP contribution >= 0.6 is 0 Å². The van der Waals surface area contributed by atoms with Crippen molar-refractivity contribution < 1.29 is 19.4 Å². The molecular weight excluding hydrogens is 394 g/mol. The number of amides is 1. The monoisotopic (exact) mass is 415 g/mol. The zero-order valence-electron chi connectivity index (χ0n) is 17.0. The number of ether oxygens (including phenoxy) is 1. The molecule has 2 aromatic carbocycles. The molecule has 1 fully saturated rings. The zero-order chi connectivity index (χ0) is 21.5. The molecule has 4 aromatic rings. The van der Waals surface area contributed by atoms with Crippen LogP contribution in [0.15, 0.2) is 54.6 Å². The fourth-order valence-corrected chi connectivity index (χ4v) is 4.40. The van der Waals surface area contributed by atoms with Crippen LogP contribution in [0.1, 0.15) is 23.3 Å². The van der Waals surface area contributed by atoms with Gasteiger partial charge >= 0.3 is 5.97 Å². The van der Waals surface area contributed by atoms with Gasteiger partial charge in [-0.2, -0.15) is 0 Å². The Balaban J connectivity index is 1.76. The predicted molar refractivity (Wildman–Crippen MR) is 117 cm³/mol. The quantitative estimate of drug-likeness (QED) is 0.524. The van der Waals surface area contributed by atoms with Gasteiger partial charge in [-0.25, -0.2) is 9.78 Å². The molecule has 3 heterocycles. The third-order valence-corrected chi connectivity index (χ3v) is 5.88. The van der Waals surface area contributed by atoms with Gasteiger partial charge in [0.05, 0.1) is 18.3 Å². The van der Waals surface area contributed by atoms with E-state index in [0.717, 1.165) is 27.4 Å². The largest absolute Gasteiger partial charge is 0.496 e. The van der Waals surface area contributed by atoms with E-state index in [2.05, 4.69) is 4.98 Å². The maximum atomic E-state index is 13.4. The van der Waals surface area contributed by atoms with Gasteiger partial charge in [-0.1, -0.05) is 30.3 Å². The summed E-state index contributed by atoms with van der Waals surface area (Å²) in [6, 6.07) is 16.3. The number of para-hydroxylation sites is 2. The number of hydrogen-bond acceptors (Lipinski definition) is 4. The Hall–Kier alpha value is -3.87. The Morgan fingerprint density at radius 3 is 2.71 bits per heavy atom. The molecule has 7 heteroatoms. The lowest BCUT2D eigenvalue weighted by atomic mass is 10.1. The lowest BCUT2D eigenvalue weighted by molar-refractivity contribution is -0.141. The summed E-state index contributed by atoms with van der Waals surface area (Å²) in [5.41, 5.74) is 3.32. The molecule has 31 heavy (non-hydrogen) atoms. The highest BCUT2D eigenvalue weighted by molar-refractivity contribution is 6.13. The number of carboxylic acids is 1. The van der Waals surface area contributed by atoms with Crippen molar-refractivity contribution in [3.63, 3.8) is 0 Å². The Labute approximate surface area is 178 Å². The number of likely N-dealkylation sites (tertiary alicyclic amines) is 1. The molecule has 1 unspecified atom stereocenters. The second-order valence-corrected chi connectivity index (χ2v) is 7.64. The SMILES string of the molecule is COc1ccccc1-c1nc(C(=O)N2CCCC2C(=O)O)cc2c1[nH]c1ccccc12. The maximum absolute atomic E-state index is 13.4. The van der Waals surface area contributed by atoms with Crippen molar-refractivity contribution in [3.8, 4) is 17.0 Å². The first kappa shape index (κ1) is 19.1. The molecule has 0 aliphatic carbocycles. The highest BCUT2D eigenvalue weighted by atomic mass is 16.5. The topological polar surface area (TPSA) is 95.5 Å². The lowest BCUT2D eigenvalue weighted by Crippen LogP contribution is -2.40. The molecule has 0 saturated carbocycles. The number of aromatic nitrogens is 2. The van der Waals surface area contributed by atoms with Gasteiger partial charge in [-0.15, -0.1) is 0 Å². The van der Waals surface area contributed by atoms with Crippen LogP contribution in [0.5, 0.6) is 5.75 Å². The molecule has 156 valence electrons. The van der Waals surface area contributed by atoms with Crippen molar-refractivity contribution in [3.05, 3.63) is 60.3 Å². The first-order valence-electron chi connectivity index (χ1n) is 10.2. The molecule has 0 radical (unpaired) electrons. The van der Waals surface area contributed by atoms with Crippen LogP contribution in [0, 0.1) is 0 Å². The number of hydrogen-bond donors (Lipinski definition) is 2. The third kappa shape index (κ3) is 3.09. The van der Waals surface area contributed by atoms with Crippen molar-refractivity contribution in [2.45, 2.75) is 18.9 Å². The highest BCUT2D eigenvalue weighted by Gasteiger charge is 2.35. The predicted octanol–water partition coefficient (Wildman–Crippen LogP) is 4.08. The summed E-state index contributed by atoms with van der Waals surface area (Å²) in [7, 11) is 1.60. The minimum atomic E-state index is -0.982. The fourth-order valence-electron chi connectivity index (χ4n) is 4.40. The van der Waals surface area contributed by atoms with Gasteiger partial charge < -0.3 is 19.7 Å². The molecule has 0 bridgehead atoms. The van der Waals surface area contributed by atoms with Crippen molar-refractivity contribution in [2.24, 2.45) is 0 Å². The van der Waals surface area contributed by atoms with Gasteiger partial charge in [0.2, 0.25) is 0 Å². The standard InChI is InChI=1S/C24H21N3O4/c1-31-20-11-5-3-8-15(20)21-22-16(14-7-2-4-9-17(14)25-22)13-18(26-21)23(28)27-12-6-10-19(27)24(29)30/h2-5,7-9,11,13,19,25H,6,10,12H2,1H3,(H,29,30). The summed E-state index contributed by atoms with van der Waals surface area (Å²) in [4.78, 5) is 34.5. The molecule has 1 aliphatic rings. The minimum Gasteiger partial charge on any atom is -0.496 e. The van der Waals surface area contributed by atoms with Crippen LogP contribution in [0.3, 0.4) is 0 Å². The van der Waals surface area contributed by atoms with Gasteiger partial charge in [-0.05, 0) is 37.1 Å². The van der Waals surface area contributed by atoms with Crippen molar-refractivity contribution in [1.82, 2.24) is 14.9 Å². The van der Waals surface area contributed by atoms with E-state index in [0.29, 0.717) is 30.8 Å². The zero-order valence-corrected chi connectivity index (χ0v) is 17.0. The van der Waals surface area contributed by atoms with Gasteiger partial charge in [0.15, 0.2) is 0 Å². The highest BCUT2D eigenvalue weighted by Crippen LogP contribution is 2.37. The van der Waals surface area contributed by atoms with E-state index in [4.69, 9.17) is 9.72 Å². The number of carbonyl (C=O) groups excluding carboxylic acids is 1. The lowest BCUT2D eigenvalue weighted by Gasteiger charge is -2.21. The molecule has 1 atom stereocenters. The van der Waals surface area contributed by atoms with Crippen LogP contribution in [-0.4, -0.2) is 51.5 Å². The van der Waals surface area contributed by atoms with Crippen LogP contribution in [0.2, 0.25) is 0 Å². The summed E-state index contributed by atoms with van der Waals surface area (Å²) < 4.78 is 5.54. The number of rotatable bonds is 4. The van der Waals surface area contributed by atoms with Crippen LogP contribution < -0.4 is 4.74 Å². The number of nitrogens with one attached hydrogen (secondary N) is 1. The van der Waals surface area contributed by atoms with E-state index in [-0.39, 0.29) is 11.6 Å². The maximum Gasteiger partial charge on any atom is 0.326 e. The van der Waals surface area contributed by atoms with Gasteiger partial charge in [0.1, 0.15) is 17.5 Å². The van der Waals surface area contributed by atoms with Crippen LogP contribution in [-0.2, 0) is 4.79 Å². The number of benzene rings is 2. The Morgan fingerprint density at radius 2 is 1.90 bits per heavy atom. The Bertz CT molecular complexity index is 1330. The summed E-state index contributed by atoms with van der Waals surface area (Å²) in [5.74, 6) is -0.707. The van der Waals surface area contributed by atoms with E-state index in [9.17, 15) is 14.7 Å². The summed E-state index contributed by atoms with van der Waals surface area (Å²) in [6.45, 7) is 0.410. The van der Waals surface area contributed by atoms with Crippen LogP contribution in [0.4, 0.5) is 0 Å². The molecule has 5 rings (SSSR count). The number of carbonyl (C=O) groups is 2. The van der Waals surface area contributed by atoms with E-state index < -0.39 is 12.0 Å². The number of H-pyrrole nitrogens is 1. The van der Waals surface area contributed by atoms with E-state index in [1.807, 2.05) is 48.5 Å². The van der Waals surface area contributed by atoms with Crippen molar-refractivity contribution in [2.75, 3.05) is 13.7 Å². The second kappa shape index (κ2) is 7.43. The van der Waals surface area contributed by atoms with Crippen molar-refractivity contribution >= 4 is 33.7 Å². The van der Waals surface area contributed by atoms with Crippen LogP contribution in [0.25, 0.3) is 33.1 Å². The second-order valence-electron chi connectivity index (χ2n) is 7.64. The van der Waals surface area contributed by atoms with Gasteiger partial charge in [0, 0.05) is 28.4 Å². The van der Waals surface area contributed by atoms with Gasteiger partial charge in [-0.3, -0.25) is 4.79 Å². The summed E-state index contributed by atoms with van der Waals surface area (Å²) in [5, 5.41) is 11.4. The third-order valence-electron chi connectivity index (χ3n) is 5.88. The molecule has 1 amide bonds. The summed E-state index contributed by atoms with van der Waals surface area (Å²) in [6.07, 6.45) is 1.12. The van der Waals surface area contributed by atoms with Gasteiger partial charge in [0.25, 0.3) is 5.91 Å². The number of methoxy groups -OCH3 is 1. The van der Waals surface area contributed by atoms with E-state index in [1.54, 1.807) is 13.2 Å². The van der Waals surface area contributed by atoms with Crippen molar-refractivity contribution in [1.29, 1.82) is 0 Å². The number of aliphatic carboxylic acids is 1. The number of aromatic amines is 1. The molecule has 1 saturated heterocycles. The van der Waals surface area contributed by atoms with E-state index >= 15 is 0 Å². The van der Waals surface area contributed by atoms with E-state index in [1.165, 1.54) is 4.90 Å². The number of nitrogens with zero attached hydrogens (tertiary/aromatic N) is 2. The average Bonchev–Trinajstić information content (AvgIpc) is 3.43. The number of fused-ring (bicyclic) bond motifs is 3. The molecule has 0 spiro atoms. The smallest absolute Gasteiger partial charge is 0.326 e.